The molecule has 1 aliphatic heterocycles. The van der Waals surface area contributed by atoms with E-state index >= 15 is 0 Å². The zero-order valence-electron chi connectivity index (χ0n) is 17.1. The highest BCUT2D eigenvalue weighted by Gasteiger charge is 2.28. The van der Waals surface area contributed by atoms with Crippen molar-refractivity contribution >= 4 is 17.6 Å². The molecule has 2 aromatic carbocycles. The van der Waals surface area contributed by atoms with Crippen LogP contribution in [0.3, 0.4) is 0 Å². The van der Waals surface area contributed by atoms with Crippen LogP contribution in [0.4, 0.5) is 10.5 Å². The Bertz CT molecular complexity index is 800. The maximum atomic E-state index is 13.1. The van der Waals surface area contributed by atoms with Gasteiger partial charge in [0, 0.05) is 25.2 Å². The molecule has 1 fully saturated rings. The summed E-state index contributed by atoms with van der Waals surface area (Å²) in [6.07, 6.45) is 2.46. The summed E-state index contributed by atoms with van der Waals surface area (Å²) in [5.41, 5.74) is 1.65. The largest absolute Gasteiger partial charge is 0.497 e. The molecule has 154 valence electrons. The number of likely N-dealkylation sites (tertiary alicyclic amines) is 1. The Kier molecular flexibility index (Phi) is 7.11. The van der Waals surface area contributed by atoms with Crippen molar-refractivity contribution in [3.8, 4) is 5.75 Å². The van der Waals surface area contributed by atoms with E-state index in [4.69, 9.17) is 4.74 Å². The molecule has 0 spiro atoms. The SMILES string of the molecule is COc1ccc(NC(=O)NC(Cc2ccccc2)C(=O)N2CCC(C)CC2)cc1. The minimum absolute atomic E-state index is 0.0226. The highest BCUT2D eigenvalue weighted by atomic mass is 16.5. The molecule has 1 unspecified atom stereocenters. The number of carbonyl (C=O) groups is 2. The first-order valence-corrected chi connectivity index (χ1v) is 10.1. The van der Waals surface area contributed by atoms with E-state index in [1.807, 2.05) is 35.2 Å². The van der Waals surface area contributed by atoms with E-state index in [1.54, 1.807) is 31.4 Å². The van der Waals surface area contributed by atoms with E-state index in [9.17, 15) is 9.59 Å². The molecule has 1 heterocycles. The van der Waals surface area contributed by atoms with Crippen LogP contribution in [0, 0.1) is 5.92 Å². The Morgan fingerprint density at radius 1 is 1.07 bits per heavy atom. The predicted octanol–water partition coefficient (Wildman–Crippen LogP) is 3.69. The number of hydrogen-bond acceptors (Lipinski definition) is 3. The molecule has 1 saturated heterocycles. The molecule has 3 amide bonds. The van der Waals surface area contributed by atoms with Crippen molar-refractivity contribution in [1.82, 2.24) is 10.2 Å². The lowest BCUT2D eigenvalue weighted by Crippen LogP contribution is -2.52. The maximum Gasteiger partial charge on any atom is 0.319 e. The Labute approximate surface area is 172 Å². The number of hydrogen-bond donors (Lipinski definition) is 2. The first-order chi connectivity index (χ1) is 14.0. The van der Waals surface area contributed by atoms with Gasteiger partial charge in [0.15, 0.2) is 0 Å². The van der Waals surface area contributed by atoms with Crippen molar-refractivity contribution in [3.05, 3.63) is 60.2 Å². The van der Waals surface area contributed by atoms with Crippen LogP contribution in [0.15, 0.2) is 54.6 Å². The molecule has 1 aliphatic rings. The van der Waals surface area contributed by atoms with Crippen molar-refractivity contribution < 1.29 is 14.3 Å². The average Bonchev–Trinajstić information content (AvgIpc) is 2.74. The van der Waals surface area contributed by atoms with Gasteiger partial charge in [-0.25, -0.2) is 4.79 Å². The summed E-state index contributed by atoms with van der Waals surface area (Å²) in [5.74, 6) is 1.33. The first kappa shape index (κ1) is 20.7. The quantitative estimate of drug-likeness (QED) is 0.784. The molecule has 1 atom stereocenters. The normalized spacial score (nSPS) is 15.4. The standard InChI is InChI=1S/C23H29N3O3/c1-17-12-14-26(15-13-17)22(27)21(16-18-6-4-3-5-7-18)25-23(28)24-19-8-10-20(29-2)11-9-19/h3-11,17,21H,12-16H2,1-2H3,(H2,24,25,28). The van der Waals surface area contributed by atoms with Crippen molar-refractivity contribution in [2.24, 2.45) is 5.92 Å². The second kappa shape index (κ2) is 9.96. The van der Waals surface area contributed by atoms with Crippen LogP contribution in [-0.2, 0) is 11.2 Å². The number of urea groups is 1. The predicted molar refractivity (Wildman–Crippen MR) is 114 cm³/mol. The van der Waals surface area contributed by atoms with Crippen LogP contribution in [0.5, 0.6) is 5.75 Å². The Hall–Kier alpha value is -3.02. The van der Waals surface area contributed by atoms with Gasteiger partial charge in [-0.2, -0.15) is 0 Å². The van der Waals surface area contributed by atoms with Crippen molar-refractivity contribution in [1.29, 1.82) is 0 Å². The molecule has 0 saturated carbocycles. The number of amides is 3. The van der Waals surface area contributed by atoms with Gasteiger partial charge in [0.1, 0.15) is 11.8 Å². The molecule has 0 aliphatic carbocycles. The van der Waals surface area contributed by atoms with E-state index < -0.39 is 12.1 Å². The number of ether oxygens (including phenoxy) is 1. The second-order valence-electron chi connectivity index (χ2n) is 7.58. The Morgan fingerprint density at radius 3 is 2.34 bits per heavy atom. The molecular formula is C23H29N3O3. The highest BCUT2D eigenvalue weighted by Crippen LogP contribution is 2.18. The Morgan fingerprint density at radius 2 is 1.72 bits per heavy atom. The van der Waals surface area contributed by atoms with Crippen molar-refractivity contribution in [2.45, 2.75) is 32.2 Å². The number of piperidine rings is 1. The van der Waals surface area contributed by atoms with Gasteiger partial charge in [-0.3, -0.25) is 4.79 Å². The third kappa shape index (κ3) is 5.98. The van der Waals surface area contributed by atoms with E-state index in [0.717, 1.165) is 31.5 Å². The number of carbonyl (C=O) groups excluding carboxylic acids is 2. The van der Waals surface area contributed by atoms with Crippen LogP contribution in [0.25, 0.3) is 0 Å². The summed E-state index contributed by atoms with van der Waals surface area (Å²) in [4.78, 5) is 27.6. The van der Waals surface area contributed by atoms with Crippen LogP contribution in [0.2, 0.25) is 0 Å². The lowest BCUT2D eigenvalue weighted by molar-refractivity contribution is -0.134. The Balaban J connectivity index is 1.67. The van der Waals surface area contributed by atoms with Crippen LogP contribution in [-0.4, -0.2) is 43.1 Å². The fourth-order valence-corrected chi connectivity index (χ4v) is 3.50. The summed E-state index contributed by atoms with van der Waals surface area (Å²) in [6, 6.07) is 15.8. The molecule has 6 nitrogen and oxygen atoms in total. The van der Waals surface area contributed by atoms with Gasteiger partial charge in [0.25, 0.3) is 0 Å². The van der Waals surface area contributed by atoms with E-state index in [-0.39, 0.29) is 5.91 Å². The van der Waals surface area contributed by atoms with Gasteiger partial charge in [-0.05, 0) is 48.6 Å². The molecule has 3 rings (SSSR count). The topological polar surface area (TPSA) is 70.7 Å². The van der Waals surface area contributed by atoms with Gasteiger partial charge in [0.2, 0.25) is 5.91 Å². The summed E-state index contributed by atoms with van der Waals surface area (Å²) in [7, 11) is 1.59. The molecule has 6 heteroatoms. The molecule has 2 N–H and O–H groups in total. The fraction of sp³-hybridized carbons (Fsp3) is 0.391. The van der Waals surface area contributed by atoms with E-state index in [2.05, 4.69) is 17.6 Å². The monoisotopic (exact) mass is 395 g/mol. The zero-order chi connectivity index (χ0) is 20.6. The second-order valence-corrected chi connectivity index (χ2v) is 7.58. The van der Waals surface area contributed by atoms with Gasteiger partial charge >= 0.3 is 6.03 Å². The van der Waals surface area contributed by atoms with E-state index in [1.165, 1.54) is 0 Å². The molecule has 0 aromatic heterocycles. The number of nitrogens with one attached hydrogen (secondary N) is 2. The lowest BCUT2D eigenvalue weighted by atomic mass is 9.97. The molecule has 0 bridgehead atoms. The number of anilines is 1. The minimum Gasteiger partial charge on any atom is -0.497 e. The van der Waals surface area contributed by atoms with Gasteiger partial charge < -0.3 is 20.3 Å². The highest BCUT2D eigenvalue weighted by molar-refractivity contribution is 5.94. The smallest absolute Gasteiger partial charge is 0.319 e. The number of methoxy groups -OCH3 is 1. The summed E-state index contributed by atoms with van der Waals surface area (Å²) in [6.45, 7) is 3.70. The van der Waals surface area contributed by atoms with Crippen molar-refractivity contribution in [2.75, 3.05) is 25.5 Å². The number of nitrogens with zero attached hydrogens (tertiary/aromatic N) is 1. The van der Waals surface area contributed by atoms with Gasteiger partial charge in [0.05, 0.1) is 7.11 Å². The van der Waals surface area contributed by atoms with Crippen LogP contribution < -0.4 is 15.4 Å². The van der Waals surface area contributed by atoms with Crippen molar-refractivity contribution in [3.63, 3.8) is 0 Å². The fourth-order valence-electron chi connectivity index (χ4n) is 3.50. The summed E-state index contributed by atoms with van der Waals surface area (Å²) < 4.78 is 5.13. The first-order valence-electron chi connectivity index (χ1n) is 10.1. The van der Waals surface area contributed by atoms with Gasteiger partial charge in [-0.15, -0.1) is 0 Å². The number of rotatable bonds is 6. The molecular weight excluding hydrogens is 366 g/mol. The molecule has 29 heavy (non-hydrogen) atoms. The maximum absolute atomic E-state index is 13.1. The van der Waals surface area contributed by atoms with E-state index in [0.29, 0.717) is 23.8 Å². The number of benzene rings is 2. The summed E-state index contributed by atoms with van der Waals surface area (Å²) >= 11 is 0. The zero-order valence-corrected chi connectivity index (χ0v) is 17.1. The summed E-state index contributed by atoms with van der Waals surface area (Å²) in [5, 5.41) is 5.68. The van der Waals surface area contributed by atoms with Crippen LogP contribution >= 0.6 is 0 Å². The minimum atomic E-state index is -0.607. The van der Waals surface area contributed by atoms with Gasteiger partial charge in [-0.1, -0.05) is 37.3 Å². The van der Waals surface area contributed by atoms with Crippen LogP contribution in [0.1, 0.15) is 25.3 Å². The lowest BCUT2D eigenvalue weighted by Gasteiger charge is -2.33. The third-order valence-electron chi connectivity index (χ3n) is 5.33. The molecule has 0 radical (unpaired) electrons. The molecule has 2 aromatic rings. The average molecular weight is 396 g/mol. The third-order valence-corrected chi connectivity index (χ3v) is 5.33.